The SMILES string of the molecule is CN(C)CCN(Cc1ccc(C(=O)Nc2ccccc2NC(=O)OC(C)(C)C)cc1)C(=O)Nc1ccc(F)cc1. The average Bonchev–Trinajstić information content (AvgIpc) is 2.88. The second-order valence-electron chi connectivity index (χ2n) is 10.5. The van der Waals surface area contributed by atoms with Crippen LogP contribution in [-0.2, 0) is 11.3 Å². The van der Waals surface area contributed by atoms with Crippen molar-refractivity contribution in [3.05, 3.63) is 89.7 Å². The zero-order valence-corrected chi connectivity index (χ0v) is 23.5. The lowest BCUT2D eigenvalue weighted by Crippen LogP contribution is -2.39. The minimum absolute atomic E-state index is 0.311. The Labute approximate surface area is 234 Å². The van der Waals surface area contributed by atoms with Crippen LogP contribution < -0.4 is 16.0 Å². The lowest BCUT2D eigenvalue weighted by atomic mass is 10.1. The van der Waals surface area contributed by atoms with Gasteiger partial charge >= 0.3 is 12.1 Å². The number of hydrogen-bond acceptors (Lipinski definition) is 5. The third kappa shape index (κ3) is 9.70. The third-order valence-corrected chi connectivity index (χ3v) is 5.60. The van der Waals surface area contributed by atoms with Crippen molar-refractivity contribution in [1.82, 2.24) is 9.80 Å². The van der Waals surface area contributed by atoms with Crippen LogP contribution in [-0.4, -0.2) is 60.6 Å². The van der Waals surface area contributed by atoms with Gasteiger partial charge in [0.2, 0.25) is 0 Å². The molecule has 212 valence electrons. The summed E-state index contributed by atoms with van der Waals surface area (Å²) in [6, 6.07) is 19.0. The summed E-state index contributed by atoms with van der Waals surface area (Å²) in [5.41, 5.74) is 1.91. The summed E-state index contributed by atoms with van der Waals surface area (Å²) >= 11 is 0. The summed E-state index contributed by atoms with van der Waals surface area (Å²) in [4.78, 5) is 41.8. The van der Waals surface area contributed by atoms with Gasteiger partial charge in [0.1, 0.15) is 11.4 Å². The molecule has 0 fully saturated rings. The van der Waals surface area contributed by atoms with Crippen molar-refractivity contribution >= 4 is 35.1 Å². The molecule has 0 unspecified atom stereocenters. The maximum atomic E-state index is 13.2. The van der Waals surface area contributed by atoms with E-state index >= 15 is 0 Å². The number of likely N-dealkylation sites (N-methyl/N-ethyl adjacent to an activating group) is 1. The Morgan fingerprint density at radius 3 is 1.98 bits per heavy atom. The van der Waals surface area contributed by atoms with Gasteiger partial charge < -0.3 is 25.2 Å². The summed E-state index contributed by atoms with van der Waals surface area (Å²) in [5, 5.41) is 8.29. The van der Waals surface area contributed by atoms with Gasteiger partial charge in [-0.15, -0.1) is 0 Å². The maximum absolute atomic E-state index is 13.2. The van der Waals surface area contributed by atoms with Crippen LogP contribution in [0.1, 0.15) is 36.7 Å². The van der Waals surface area contributed by atoms with Gasteiger partial charge in [0.15, 0.2) is 0 Å². The number of hydrogen-bond donors (Lipinski definition) is 3. The van der Waals surface area contributed by atoms with E-state index in [-0.39, 0.29) is 17.8 Å². The summed E-state index contributed by atoms with van der Waals surface area (Å²) < 4.78 is 18.5. The van der Waals surface area contributed by atoms with Crippen molar-refractivity contribution in [3.63, 3.8) is 0 Å². The highest BCUT2D eigenvalue weighted by atomic mass is 19.1. The quantitative estimate of drug-likeness (QED) is 0.303. The highest BCUT2D eigenvalue weighted by molar-refractivity contribution is 6.06. The van der Waals surface area contributed by atoms with Gasteiger partial charge in [-0.1, -0.05) is 24.3 Å². The van der Waals surface area contributed by atoms with Crippen LogP contribution in [0.15, 0.2) is 72.8 Å². The van der Waals surface area contributed by atoms with Gasteiger partial charge in [0.05, 0.1) is 11.4 Å². The molecule has 0 aliphatic rings. The maximum Gasteiger partial charge on any atom is 0.412 e. The van der Waals surface area contributed by atoms with E-state index < -0.39 is 11.7 Å². The van der Waals surface area contributed by atoms with E-state index in [2.05, 4.69) is 16.0 Å². The largest absolute Gasteiger partial charge is 0.444 e. The first-order valence-electron chi connectivity index (χ1n) is 12.8. The van der Waals surface area contributed by atoms with Gasteiger partial charge in [-0.3, -0.25) is 10.1 Å². The van der Waals surface area contributed by atoms with Crippen molar-refractivity contribution in [2.75, 3.05) is 43.1 Å². The highest BCUT2D eigenvalue weighted by Gasteiger charge is 2.18. The van der Waals surface area contributed by atoms with E-state index in [1.165, 1.54) is 24.3 Å². The van der Waals surface area contributed by atoms with Crippen LogP contribution >= 0.6 is 0 Å². The molecule has 0 aliphatic carbocycles. The molecule has 0 heterocycles. The highest BCUT2D eigenvalue weighted by Crippen LogP contribution is 2.23. The molecule has 10 heteroatoms. The molecule has 0 spiro atoms. The van der Waals surface area contributed by atoms with Gasteiger partial charge in [0, 0.05) is 30.9 Å². The van der Waals surface area contributed by atoms with Crippen LogP contribution in [0, 0.1) is 5.82 Å². The lowest BCUT2D eigenvalue weighted by molar-refractivity contribution is 0.0635. The van der Waals surface area contributed by atoms with Crippen LogP contribution in [0.4, 0.5) is 31.0 Å². The molecule has 4 amide bonds. The molecular weight excluding hydrogens is 513 g/mol. The van der Waals surface area contributed by atoms with Crippen LogP contribution in [0.3, 0.4) is 0 Å². The predicted molar refractivity (Wildman–Crippen MR) is 155 cm³/mol. The van der Waals surface area contributed by atoms with Crippen molar-refractivity contribution in [3.8, 4) is 0 Å². The monoisotopic (exact) mass is 549 g/mol. The van der Waals surface area contributed by atoms with Crippen molar-refractivity contribution < 1.29 is 23.5 Å². The number of urea groups is 1. The molecule has 40 heavy (non-hydrogen) atoms. The molecule has 0 aliphatic heterocycles. The molecular formula is C30H36FN5O4. The first kappa shape index (κ1) is 30.1. The number of carbonyl (C=O) groups excluding carboxylic acids is 3. The summed E-state index contributed by atoms with van der Waals surface area (Å²) in [6.45, 7) is 6.72. The van der Waals surface area contributed by atoms with Crippen molar-refractivity contribution in [2.45, 2.75) is 32.9 Å². The fraction of sp³-hybridized carbons (Fsp3) is 0.300. The first-order valence-corrected chi connectivity index (χ1v) is 12.8. The molecule has 0 radical (unpaired) electrons. The third-order valence-electron chi connectivity index (χ3n) is 5.60. The second-order valence-corrected chi connectivity index (χ2v) is 10.5. The molecule has 0 aromatic heterocycles. The normalized spacial score (nSPS) is 11.1. The fourth-order valence-electron chi connectivity index (χ4n) is 3.60. The van der Waals surface area contributed by atoms with E-state index in [9.17, 15) is 18.8 Å². The van der Waals surface area contributed by atoms with Crippen LogP contribution in [0.5, 0.6) is 0 Å². The lowest BCUT2D eigenvalue weighted by Gasteiger charge is -2.25. The van der Waals surface area contributed by atoms with E-state index in [1.54, 1.807) is 74.2 Å². The van der Waals surface area contributed by atoms with E-state index in [0.29, 0.717) is 42.3 Å². The number of carbonyl (C=O) groups is 3. The van der Waals surface area contributed by atoms with E-state index in [4.69, 9.17) is 4.74 Å². The minimum Gasteiger partial charge on any atom is -0.444 e. The van der Waals surface area contributed by atoms with Crippen molar-refractivity contribution in [1.29, 1.82) is 0 Å². The van der Waals surface area contributed by atoms with Crippen LogP contribution in [0.2, 0.25) is 0 Å². The first-order chi connectivity index (χ1) is 18.9. The number of anilines is 3. The molecule has 3 rings (SSSR count). The number of benzene rings is 3. The molecule has 0 saturated carbocycles. The van der Waals surface area contributed by atoms with Crippen LogP contribution in [0.25, 0.3) is 0 Å². The Morgan fingerprint density at radius 1 is 0.800 bits per heavy atom. The Hall–Kier alpha value is -4.44. The molecule has 0 bridgehead atoms. The molecule has 0 atom stereocenters. The zero-order chi connectivity index (χ0) is 29.3. The Morgan fingerprint density at radius 2 is 1.40 bits per heavy atom. The van der Waals surface area contributed by atoms with Gasteiger partial charge in [-0.25, -0.2) is 14.0 Å². The number of amides is 4. The standard InChI is InChI=1S/C30H36FN5O4/c1-30(2,3)40-29(39)34-26-9-7-6-8-25(26)33-27(37)22-12-10-21(11-13-22)20-36(19-18-35(4)5)28(38)32-24-16-14-23(31)15-17-24/h6-17H,18-20H2,1-5H3,(H,32,38)(H,33,37)(H,34,39). The Balaban J connectivity index is 1.67. The molecule has 9 nitrogen and oxygen atoms in total. The molecule has 0 saturated heterocycles. The molecule has 3 N–H and O–H groups in total. The fourth-order valence-corrected chi connectivity index (χ4v) is 3.60. The minimum atomic E-state index is -0.659. The Kier molecular flexibility index (Phi) is 10.2. The Bertz CT molecular complexity index is 1300. The molecule has 3 aromatic carbocycles. The van der Waals surface area contributed by atoms with Crippen molar-refractivity contribution in [2.24, 2.45) is 0 Å². The molecule has 3 aromatic rings. The number of ether oxygens (including phenoxy) is 1. The number of rotatable bonds is 9. The van der Waals surface area contributed by atoms with Gasteiger partial charge in [-0.05, 0) is 89.0 Å². The zero-order valence-electron chi connectivity index (χ0n) is 23.5. The number of nitrogens with zero attached hydrogens (tertiary/aromatic N) is 2. The van der Waals surface area contributed by atoms with E-state index in [1.807, 2.05) is 19.0 Å². The predicted octanol–water partition coefficient (Wildman–Crippen LogP) is 6.02. The average molecular weight is 550 g/mol. The number of para-hydroxylation sites is 2. The summed E-state index contributed by atoms with van der Waals surface area (Å²) in [7, 11) is 3.84. The van der Waals surface area contributed by atoms with Gasteiger partial charge in [-0.2, -0.15) is 0 Å². The smallest absolute Gasteiger partial charge is 0.412 e. The number of halogens is 1. The second kappa shape index (κ2) is 13.6. The topological polar surface area (TPSA) is 103 Å². The number of nitrogens with one attached hydrogen (secondary N) is 3. The van der Waals surface area contributed by atoms with Gasteiger partial charge in [0.25, 0.3) is 5.91 Å². The summed E-state index contributed by atoms with van der Waals surface area (Å²) in [5.74, 6) is -0.738. The van der Waals surface area contributed by atoms with E-state index in [0.717, 1.165) is 5.56 Å². The summed E-state index contributed by atoms with van der Waals surface area (Å²) in [6.07, 6.45) is -0.624.